The smallest absolute Gasteiger partial charge is 0.228 e. The summed E-state index contributed by atoms with van der Waals surface area (Å²) in [6.07, 6.45) is 2.82. The molecule has 0 amide bonds. The molecule has 136 valence electrons. The maximum absolute atomic E-state index is 11.4. The molecule has 0 saturated carbocycles. The number of likely N-dealkylation sites (N-methyl/N-ethyl adjacent to an activating group) is 1. The van der Waals surface area contributed by atoms with Crippen molar-refractivity contribution < 1.29 is 8.42 Å². The van der Waals surface area contributed by atoms with Crippen molar-refractivity contribution in [1.29, 1.82) is 0 Å². The average Bonchev–Trinajstić information content (AvgIpc) is 2.54. The van der Waals surface area contributed by atoms with Crippen molar-refractivity contribution >= 4 is 44.1 Å². The lowest BCUT2D eigenvalue weighted by molar-refractivity contribution is 0.311. The molecule has 0 unspecified atom stereocenters. The van der Waals surface area contributed by atoms with E-state index in [1.165, 1.54) is 6.26 Å². The van der Waals surface area contributed by atoms with Gasteiger partial charge in [-0.25, -0.2) is 18.4 Å². The Morgan fingerprint density at radius 3 is 2.64 bits per heavy atom. The normalized spacial score (nSPS) is 16.4. The van der Waals surface area contributed by atoms with E-state index in [-0.39, 0.29) is 12.3 Å². The Balaban J connectivity index is 1.92. The van der Waals surface area contributed by atoms with E-state index in [2.05, 4.69) is 37.1 Å². The topological polar surface area (TPSA) is 91.3 Å². The van der Waals surface area contributed by atoms with Crippen molar-refractivity contribution in [2.45, 2.75) is 0 Å². The lowest BCUT2D eigenvalue weighted by atomic mass is 10.3. The van der Waals surface area contributed by atoms with Gasteiger partial charge in [0.1, 0.15) is 20.8 Å². The van der Waals surface area contributed by atoms with Crippen LogP contribution in [0, 0.1) is 0 Å². The Kier molecular flexibility index (Phi) is 5.26. The summed E-state index contributed by atoms with van der Waals surface area (Å²) in [6, 6.07) is 1.69. The molecule has 1 aliphatic heterocycles. The Morgan fingerprint density at radius 1 is 1.24 bits per heavy atom. The number of nitrogens with one attached hydrogen (secondary N) is 1. The maximum Gasteiger partial charge on any atom is 0.228 e. The van der Waals surface area contributed by atoms with Crippen LogP contribution in [0.4, 0.5) is 11.8 Å². The molecule has 0 spiro atoms. The minimum atomic E-state index is -3.05. The number of hydrogen-bond acceptors (Lipinski definition) is 8. The van der Waals surface area contributed by atoms with Crippen LogP contribution in [0.1, 0.15) is 0 Å². The summed E-state index contributed by atoms with van der Waals surface area (Å²) in [5.74, 6) is 1.22. The third kappa shape index (κ3) is 4.68. The standard InChI is InChI=1S/C15H21ClN6O2S/c1-21-4-6-22(7-5-21)15-19-12-10-18-13(16)9-11(12)14(20-15)17-3-8-25(2,23)24/h9-10H,3-8H2,1-2H3,(H,17,19,20). The highest BCUT2D eigenvalue weighted by molar-refractivity contribution is 7.90. The average molecular weight is 385 g/mol. The van der Waals surface area contributed by atoms with Crippen molar-refractivity contribution in [3.63, 3.8) is 0 Å². The van der Waals surface area contributed by atoms with Crippen LogP contribution in [0.5, 0.6) is 0 Å². The lowest BCUT2D eigenvalue weighted by Gasteiger charge is -2.32. The van der Waals surface area contributed by atoms with E-state index in [9.17, 15) is 8.42 Å². The van der Waals surface area contributed by atoms with Gasteiger partial charge < -0.3 is 15.1 Å². The van der Waals surface area contributed by atoms with Crippen LogP contribution in [-0.2, 0) is 9.84 Å². The molecule has 3 rings (SSSR count). The number of halogens is 1. The summed E-state index contributed by atoms with van der Waals surface area (Å²) in [6.45, 7) is 3.83. The van der Waals surface area contributed by atoms with Gasteiger partial charge in [0, 0.05) is 44.4 Å². The number of nitrogens with zero attached hydrogens (tertiary/aromatic N) is 5. The first-order chi connectivity index (χ1) is 11.8. The van der Waals surface area contributed by atoms with E-state index < -0.39 is 9.84 Å². The largest absolute Gasteiger partial charge is 0.368 e. The second-order valence-corrected chi connectivity index (χ2v) is 8.89. The fourth-order valence-corrected chi connectivity index (χ4v) is 3.26. The number of sulfone groups is 1. The summed E-state index contributed by atoms with van der Waals surface area (Å²) in [7, 11) is -0.967. The zero-order chi connectivity index (χ0) is 18.0. The second kappa shape index (κ2) is 7.27. The molecule has 3 heterocycles. The van der Waals surface area contributed by atoms with Gasteiger partial charge in [-0.15, -0.1) is 0 Å². The number of pyridine rings is 1. The van der Waals surface area contributed by atoms with Crippen molar-refractivity contribution in [1.82, 2.24) is 19.9 Å². The van der Waals surface area contributed by atoms with E-state index in [0.717, 1.165) is 31.6 Å². The Morgan fingerprint density at radius 2 is 1.96 bits per heavy atom. The van der Waals surface area contributed by atoms with E-state index in [1.54, 1.807) is 12.3 Å². The van der Waals surface area contributed by atoms with E-state index in [0.29, 0.717) is 22.4 Å². The van der Waals surface area contributed by atoms with Crippen LogP contribution in [0.15, 0.2) is 12.3 Å². The summed E-state index contributed by atoms with van der Waals surface area (Å²) in [5.41, 5.74) is 0.676. The third-order valence-electron chi connectivity index (χ3n) is 4.09. The number of fused-ring (bicyclic) bond motifs is 1. The van der Waals surface area contributed by atoms with Crippen molar-refractivity contribution in [2.24, 2.45) is 0 Å². The molecular weight excluding hydrogens is 364 g/mol. The highest BCUT2D eigenvalue weighted by Crippen LogP contribution is 2.25. The van der Waals surface area contributed by atoms with Crippen LogP contribution in [0.3, 0.4) is 0 Å². The molecule has 10 heteroatoms. The number of aromatic nitrogens is 3. The molecule has 1 saturated heterocycles. The third-order valence-corrected chi connectivity index (χ3v) is 5.24. The highest BCUT2D eigenvalue weighted by Gasteiger charge is 2.19. The molecule has 0 atom stereocenters. The monoisotopic (exact) mass is 384 g/mol. The predicted octanol–water partition coefficient (Wildman–Crippen LogP) is 0.886. The molecule has 0 aromatic carbocycles. The van der Waals surface area contributed by atoms with Crippen LogP contribution in [0.2, 0.25) is 5.15 Å². The SMILES string of the molecule is CN1CCN(c2nc(NCCS(C)(=O)=O)c3cc(Cl)ncc3n2)CC1. The molecule has 0 bridgehead atoms. The minimum Gasteiger partial charge on any atom is -0.368 e. The summed E-state index contributed by atoms with van der Waals surface area (Å²) in [5, 5.41) is 4.18. The minimum absolute atomic E-state index is 0.0289. The molecule has 1 aliphatic rings. The second-order valence-electron chi connectivity index (χ2n) is 6.24. The highest BCUT2D eigenvalue weighted by atomic mass is 35.5. The van der Waals surface area contributed by atoms with Crippen molar-refractivity contribution in [3.8, 4) is 0 Å². The molecular formula is C15H21ClN6O2S. The van der Waals surface area contributed by atoms with Gasteiger partial charge in [0.05, 0.1) is 17.5 Å². The summed E-state index contributed by atoms with van der Waals surface area (Å²) in [4.78, 5) is 17.7. The van der Waals surface area contributed by atoms with Crippen molar-refractivity contribution in [2.75, 3.05) is 62.0 Å². The molecule has 8 nitrogen and oxygen atoms in total. The van der Waals surface area contributed by atoms with Gasteiger partial charge in [-0.1, -0.05) is 11.6 Å². The van der Waals surface area contributed by atoms with Gasteiger partial charge in [0.25, 0.3) is 0 Å². The van der Waals surface area contributed by atoms with Gasteiger partial charge in [0.2, 0.25) is 5.95 Å². The summed E-state index contributed by atoms with van der Waals surface area (Å²) < 4.78 is 22.7. The van der Waals surface area contributed by atoms with Gasteiger partial charge >= 0.3 is 0 Å². The number of rotatable bonds is 5. The van der Waals surface area contributed by atoms with Gasteiger partial charge in [-0.3, -0.25) is 0 Å². The number of piperazine rings is 1. The van der Waals surface area contributed by atoms with Gasteiger partial charge in [-0.05, 0) is 13.1 Å². The summed E-state index contributed by atoms with van der Waals surface area (Å²) >= 11 is 6.00. The van der Waals surface area contributed by atoms with Crippen LogP contribution < -0.4 is 10.2 Å². The molecule has 25 heavy (non-hydrogen) atoms. The first-order valence-electron chi connectivity index (χ1n) is 8.00. The molecule has 0 radical (unpaired) electrons. The Labute approximate surface area is 152 Å². The molecule has 2 aromatic rings. The van der Waals surface area contributed by atoms with Crippen LogP contribution in [-0.4, -0.2) is 80.0 Å². The molecule has 2 aromatic heterocycles. The fraction of sp³-hybridized carbons (Fsp3) is 0.533. The van der Waals surface area contributed by atoms with Crippen LogP contribution >= 0.6 is 11.6 Å². The zero-order valence-corrected chi connectivity index (χ0v) is 15.8. The lowest BCUT2D eigenvalue weighted by Crippen LogP contribution is -2.45. The number of hydrogen-bond donors (Lipinski definition) is 1. The van der Waals surface area contributed by atoms with E-state index in [4.69, 9.17) is 11.6 Å². The van der Waals surface area contributed by atoms with Gasteiger partial charge in [0.15, 0.2) is 0 Å². The Bertz CT molecular complexity index is 868. The van der Waals surface area contributed by atoms with Gasteiger partial charge in [-0.2, -0.15) is 4.98 Å². The molecule has 1 fully saturated rings. The Hall–Kier alpha value is -1.71. The van der Waals surface area contributed by atoms with Crippen molar-refractivity contribution in [3.05, 3.63) is 17.4 Å². The quantitative estimate of drug-likeness (QED) is 0.760. The first kappa shape index (κ1) is 18.1. The number of anilines is 2. The predicted molar refractivity (Wildman–Crippen MR) is 100 cm³/mol. The zero-order valence-electron chi connectivity index (χ0n) is 14.2. The molecule has 0 aliphatic carbocycles. The fourth-order valence-electron chi connectivity index (χ4n) is 2.63. The van der Waals surface area contributed by atoms with E-state index >= 15 is 0 Å². The maximum atomic E-state index is 11.4. The first-order valence-corrected chi connectivity index (χ1v) is 10.4. The van der Waals surface area contributed by atoms with Crippen LogP contribution in [0.25, 0.3) is 10.9 Å². The molecule has 1 N–H and O–H groups in total. The van der Waals surface area contributed by atoms with E-state index in [1.807, 2.05) is 0 Å².